The van der Waals surface area contributed by atoms with Crippen LogP contribution < -0.4 is 16.0 Å². The number of allylic oxidation sites excluding steroid dienone is 1. The molecule has 8 atom stereocenters. The zero-order chi connectivity index (χ0) is 29.4. The maximum absolute atomic E-state index is 13.2. The molecule has 2 unspecified atom stereocenters. The molecule has 0 aromatic rings. The van der Waals surface area contributed by atoms with E-state index in [0.717, 1.165) is 44.2 Å². The Morgan fingerprint density at radius 1 is 1.07 bits per heavy atom. The lowest BCUT2D eigenvalue weighted by molar-refractivity contribution is -0.122. The molecule has 0 bridgehead atoms. The van der Waals surface area contributed by atoms with Crippen molar-refractivity contribution in [3.8, 4) is 0 Å². The molecular weight excluding hydrogens is 518 g/mol. The van der Waals surface area contributed by atoms with Crippen molar-refractivity contribution in [2.45, 2.75) is 97.1 Å². The number of oxime groups is 1. The predicted molar refractivity (Wildman–Crippen MR) is 159 cm³/mol. The average Bonchev–Trinajstić information content (AvgIpc) is 3.58. The summed E-state index contributed by atoms with van der Waals surface area (Å²) >= 11 is 0. The van der Waals surface area contributed by atoms with E-state index < -0.39 is 6.09 Å². The highest BCUT2D eigenvalue weighted by molar-refractivity contribution is 5.91. The largest absolute Gasteiger partial charge is 0.436 e. The van der Waals surface area contributed by atoms with Gasteiger partial charge in [-0.15, -0.1) is 0 Å². The predicted octanol–water partition coefficient (Wildman–Crippen LogP) is 4.04. The highest BCUT2D eigenvalue weighted by Crippen LogP contribution is 2.66. The zero-order valence-electron chi connectivity index (χ0n) is 25.8. The van der Waals surface area contributed by atoms with Crippen LogP contribution in [0.2, 0.25) is 0 Å². The highest BCUT2D eigenvalue weighted by Gasteiger charge is 2.59. The second-order valence-corrected chi connectivity index (χ2v) is 13.9. The van der Waals surface area contributed by atoms with Crippen LogP contribution in [-0.2, 0) is 14.4 Å². The summed E-state index contributed by atoms with van der Waals surface area (Å²) in [5, 5.41) is 13.6. The second kappa shape index (κ2) is 12.2. The van der Waals surface area contributed by atoms with Gasteiger partial charge in [-0.25, -0.2) is 4.79 Å². The van der Waals surface area contributed by atoms with E-state index in [2.05, 4.69) is 35.0 Å². The van der Waals surface area contributed by atoms with E-state index in [9.17, 15) is 14.4 Å². The van der Waals surface area contributed by atoms with E-state index in [1.807, 2.05) is 20.0 Å². The molecular formula is C32H51N5O4. The van der Waals surface area contributed by atoms with Gasteiger partial charge in [0.25, 0.3) is 0 Å². The Kier molecular flexibility index (Phi) is 8.95. The summed E-state index contributed by atoms with van der Waals surface area (Å²) in [6, 6.07) is -0.167. The molecule has 4 aliphatic carbocycles. The van der Waals surface area contributed by atoms with Gasteiger partial charge in [0.05, 0.1) is 11.8 Å². The lowest BCUT2D eigenvalue weighted by Crippen LogP contribution is -2.51. The van der Waals surface area contributed by atoms with Crippen LogP contribution in [0.3, 0.4) is 0 Å². The number of hydrogen-bond donors (Lipinski definition) is 3. The van der Waals surface area contributed by atoms with Crippen LogP contribution in [0.25, 0.3) is 0 Å². The Morgan fingerprint density at radius 3 is 2.63 bits per heavy atom. The van der Waals surface area contributed by atoms with E-state index in [0.29, 0.717) is 55.5 Å². The quantitative estimate of drug-likeness (QED) is 0.231. The van der Waals surface area contributed by atoms with Crippen molar-refractivity contribution in [2.24, 2.45) is 39.7 Å². The van der Waals surface area contributed by atoms with E-state index >= 15 is 0 Å². The summed E-state index contributed by atoms with van der Waals surface area (Å²) in [4.78, 5) is 44.7. The number of fused-ring (bicyclic) bond motifs is 5. The smallest absolute Gasteiger partial charge is 0.358 e. The number of carbonyl (C=O) groups is 3. The molecule has 0 spiro atoms. The van der Waals surface area contributed by atoms with Crippen LogP contribution in [0.5, 0.6) is 0 Å². The summed E-state index contributed by atoms with van der Waals surface area (Å²) in [6.45, 7) is 8.58. The van der Waals surface area contributed by atoms with Gasteiger partial charge < -0.3 is 20.9 Å². The van der Waals surface area contributed by atoms with Gasteiger partial charge in [-0.1, -0.05) is 24.6 Å². The number of amides is 2. The molecule has 0 radical (unpaired) electrons. The maximum Gasteiger partial charge on any atom is 0.436 e. The fourth-order valence-corrected chi connectivity index (χ4v) is 9.59. The minimum Gasteiger partial charge on any atom is -0.358 e. The molecule has 3 saturated carbocycles. The standard InChI is InChI=1S/C32H51N5O4/c1-20(36-41-30(40)37(17-16-33-4)19-22-7-11-28(35-22)29(39)34-5)25-9-10-26-24-8-6-21-18-23(38)12-14-31(21,2)27(24)13-15-32(25,26)3/h18,22,24-28,33,35H,6-17,19H2,1-5H3,(H,34,39)/b36-20+/t22?,24-,25+,26-,27-,28?,31-,32+/m0/s1. The van der Waals surface area contributed by atoms with Crippen LogP contribution >= 0.6 is 0 Å². The van der Waals surface area contributed by atoms with Crippen molar-refractivity contribution in [1.29, 1.82) is 0 Å². The third-order valence-corrected chi connectivity index (χ3v) is 11.9. The van der Waals surface area contributed by atoms with E-state index in [1.165, 1.54) is 24.8 Å². The Balaban J connectivity index is 1.23. The highest BCUT2D eigenvalue weighted by atomic mass is 16.7. The monoisotopic (exact) mass is 569 g/mol. The number of hydrogen-bond acceptors (Lipinski definition) is 7. The third kappa shape index (κ3) is 5.73. The molecule has 5 rings (SSSR count). The summed E-state index contributed by atoms with van der Waals surface area (Å²) < 4.78 is 0. The molecule has 4 fully saturated rings. The molecule has 0 aromatic carbocycles. The number of rotatable bonds is 8. The summed E-state index contributed by atoms with van der Waals surface area (Å²) in [7, 11) is 3.51. The van der Waals surface area contributed by atoms with Crippen LogP contribution in [-0.4, -0.2) is 74.2 Å². The molecule has 0 aromatic heterocycles. The molecule has 1 saturated heterocycles. The third-order valence-electron chi connectivity index (χ3n) is 11.9. The molecule has 9 heteroatoms. The fraction of sp³-hybridized carbons (Fsp3) is 0.812. The Bertz CT molecular complexity index is 1090. The molecule has 3 N–H and O–H groups in total. The van der Waals surface area contributed by atoms with Gasteiger partial charge in [-0.05, 0) is 106 Å². The first kappa shape index (κ1) is 30.2. The first-order valence-electron chi connectivity index (χ1n) is 16.0. The fourth-order valence-electron chi connectivity index (χ4n) is 9.59. The van der Waals surface area contributed by atoms with Crippen LogP contribution in [0.15, 0.2) is 16.8 Å². The van der Waals surface area contributed by atoms with E-state index in [-0.39, 0.29) is 28.8 Å². The Hall–Kier alpha value is -2.26. The summed E-state index contributed by atoms with van der Waals surface area (Å²) in [5.41, 5.74) is 2.69. The number of likely N-dealkylation sites (N-methyl/N-ethyl adjacent to an activating group) is 2. The zero-order valence-corrected chi connectivity index (χ0v) is 25.8. The van der Waals surface area contributed by atoms with Gasteiger partial charge in [0.1, 0.15) is 0 Å². The van der Waals surface area contributed by atoms with Crippen LogP contribution in [0.1, 0.15) is 85.0 Å². The van der Waals surface area contributed by atoms with Gasteiger partial charge in [-0.3, -0.25) is 14.4 Å². The molecule has 9 nitrogen and oxygen atoms in total. The second-order valence-electron chi connectivity index (χ2n) is 13.9. The molecule has 228 valence electrons. The van der Waals surface area contributed by atoms with Crippen molar-refractivity contribution in [3.05, 3.63) is 11.6 Å². The Labute approximate surface area is 245 Å². The maximum atomic E-state index is 13.2. The topological polar surface area (TPSA) is 112 Å². The lowest BCUT2D eigenvalue weighted by atomic mass is 9.46. The number of nitrogens with zero attached hydrogens (tertiary/aromatic N) is 2. The normalized spacial score (nSPS) is 38.4. The molecule has 1 aliphatic heterocycles. The van der Waals surface area contributed by atoms with Crippen LogP contribution in [0, 0.1) is 34.5 Å². The summed E-state index contributed by atoms with van der Waals surface area (Å²) in [6.07, 6.45) is 11.8. The van der Waals surface area contributed by atoms with Gasteiger partial charge >= 0.3 is 6.09 Å². The van der Waals surface area contributed by atoms with Crippen molar-refractivity contribution in [1.82, 2.24) is 20.9 Å². The van der Waals surface area contributed by atoms with Gasteiger partial charge in [0, 0.05) is 45.1 Å². The molecule has 1 heterocycles. The number of carbonyl (C=O) groups excluding carboxylic acids is 3. The number of ketones is 1. The van der Waals surface area contributed by atoms with Crippen molar-refractivity contribution >= 4 is 23.5 Å². The minimum absolute atomic E-state index is 0.0115. The molecule has 41 heavy (non-hydrogen) atoms. The van der Waals surface area contributed by atoms with E-state index in [1.54, 1.807) is 11.9 Å². The minimum atomic E-state index is -0.431. The van der Waals surface area contributed by atoms with Gasteiger partial charge in [-0.2, -0.15) is 0 Å². The van der Waals surface area contributed by atoms with Crippen molar-refractivity contribution in [2.75, 3.05) is 33.7 Å². The van der Waals surface area contributed by atoms with Crippen molar-refractivity contribution < 1.29 is 19.2 Å². The lowest BCUT2D eigenvalue weighted by Gasteiger charge is -2.58. The number of nitrogens with one attached hydrogen (secondary N) is 3. The van der Waals surface area contributed by atoms with Gasteiger partial charge in [0.15, 0.2) is 5.78 Å². The SMILES string of the molecule is CNCCN(CC1CCC(C(=O)NC)N1)C(=O)O/N=C(\C)[C@H]1CC[C@H]2[C@@H]3CCC4=CC(=O)CC[C@]4(C)[C@H]3CC[C@]12C. The average molecular weight is 570 g/mol. The molecule has 5 aliphatic rings. The van der Waals surface area contributed by atoms with Crippen molar-refractivity contribution in [3.63, 3.8) is 0 Å². The molecule has 2 amide bonds. The summed E-state index contributed by atoms with van der Waals surface area (Å²) in [5.74, 6) is 2.62. The van der Waals surface area contributed by atoms with E-state index in [4.69, 9.17) is 4.84 Å². The Morgan fingerprint density at radius 2 is 1.88 bits per heavy atom. The van der Waals surface area contributed by atoms with Gasteiger partial charge in [0.2, 0.25) is 5.91 Å². The first-order valence-corrected chi connectivity index (χ1v) is 16.0. The first-order chi connectivity index (χ1) is 19.6. The van der Waals surface area contributed by atoms with Crippen LogP contribution in [0.4, 0.5) is 4.79 Å².